The van der Waals surface area contributed by atoms with Gasteiger partial charge in [0.15, 0.2) is 5.69 Å². The number of benzene rings is 2. The van der Waals surface area contributed by atoms with Gasteiger partial charge in [0, 0.05) is 11.1 Å². The molecule has 0 amide bonds. The molecule has 8 nitrogen and oxygen atoms in total. The summed E-state index contributed by atoms with van der Waals surface area (Å²) in [6.45, 7) is 4.55. The van der Waals surface area contributed by atoms with Gasteiger partial charge in [-0.15, -0.1) is 5.10 Å². The topological polar surface area (TPSA) is 109 Å². The number of aromatic amines is 2. The number of fused-ring (bicyclic) bond motifs is 3. The van der Waals surface area contributed by atoms with E-state index in [0.717, 1.165) is 29.7 Å². The summed E-state index contributed by atoms with van der Waals surface area (Å²) in [5.74, 6) is 0.0122. The minimum atomic E-state index is -0.453. The third kappa shape index (κ3) is 3.61. The van der Waals surface area contributed by atoms with E-state index in [2.05, 4.69) is 75.0 Å². The summed E-state index contributed by atoms with van der Waals surface area (Å²) in [7, 11) is 0. The Hall–Kier alpha value is -3.81. The van der Waals surface area contributed by atoms with Crippen LogP contribution >= 0.6 is 0 Å². The van der Waals surface area contributed by atoms with E-state index in [-0.39, 0.29) is 5.69 Å². The first-order valence-electron chi connectivity index (χ1n) is 10.3. The average molecular weight is 414 g/mol. The molecule has 0 spiro atoms. The minimum absolute atomic E-state index is 0.215. The van der Waals surface area contributed by atoms with Crippen molar-refractivity contribution in [2.75, 3.05) is 6.61 Å². The summed E-state index contributed by atoms with van der Waals surface area (Å²) in [6.07, 6.45) is 3.33. The largest absolute Gasteiger partial charge is 0.461 e. The van der Waals surface area contributed by atoms with Gasteiger partial charge in [-0.2, -0.15) is 25.7 Å². The molecule has 0 radical (unpaired) electrons. The van der Waals surface area contributed by atoms with Crippen LogP contribution in [0.4, 0.5) is 0 Å². The Morgan fingerprint density at radius 1 is 1.00 bits per heavy atom. The summed E-state index contributed by atoms with van der Waals surface area (Å²) in [4.78, 5) is 12.5. The molecule has 4 aromatic rings. The minimum Gasteiger partial charge on any atom is -0.461 e. The van der Waals surface area contributed by atoms with Crippen LogP contribution in [0.2, 0.25) is 0 Å². The highest BCUT2D eigenvalue weighted by atomic mass is 16.5. The number of ether oxygens (including phenoxy) is 1. The molecule has 156 valence electrons. The summed E-state index contributed by atoms with van der Waals surface area (Å²) in [5, 5.41) is 21.5. The maximum Gasteiger partial charge on any atom is 0.361 e. The third-order valence-electron chi connectivity index (χ3n) is 5.54. The van der Waals surface area contributed by atoms with Crippen LogP contribution in [0.3, 0.4) is 0 Å². The lowest BCUT2D eigenvalue weighted by molar-refractivity contribution is 0.0482. The van der Waals surface area contributed by atoms with E-state index >= 15 is 0 Å². The number of carbonyl (C=O) groups is 1. The van der Waals surface area contributed by atoms with E-state index in [1.165, 1.54) is 22.3 Å². The SMILES string of the molecule is CC(C)CCOC(=O)c1n[nH]nc1-c1ccc2c(c1)Cc1cc(-c3cn[nH]n3)ccc1-2. The number of nitrogens with one attached hydrogen (secondary N) is 2. The zero-order chi connectivity index (χ0) is 21.4. The van der Waals surface area contributed by atoms with Gasteiger partial charge >= 0.3 is 5.97 Å². The Labute approximate surface area is 179 Å². The molecule has 2 aromatic heterocycles. The molecule has 2 heterocycles. The van der Waals surface area contributed by atoms with Crippen LogP contribution in [-0.4, -0.2) is 43.4 Å². The molecule has 2 aromatic carbocycles. The zero-order valence-electron chi connectivity index (χ0n) is 17.3. The van der Waals surface area contributed by atoms with Gasteiger partial charge in [-0.05, 0) is 53.1 Å². The fourth-order valence-corrected chi connectivity index (χ4v) is 3.89. The van der Waals surface area contributed by atoms with E-state index in [1.54, 1.807) is 6.20 Å². The molecule has 1 aliphatic carbocycles. The smallest absolute Gasteiger partial charge is 0.361 e. The fraction of sp³-hybridized carbons (Fsp3) is 0.261. The molecule has 0 saturated heterocycles. The van der Waals surface area contributed by atoms with Crippen molar-refractivity contribution < 1.29 is 9.53 Å². The van der Waals surface area contributed by atoms with Gasteiger partial charge in [0.05, 0.1) is 12.8 Å². The number of rotatable bonds is 6. The van der Waals surface area contributed by atoms with Crippen LogP contribution in [0.5, 0.6) is 0 Å². The highest BCUT2D eigenvalue weighted by Gasteiger charge is 2.23. The molecule has 0 unspecified atom stereocenters. The van der Waals surface area contributed by atoms with E-state index in [0.29, 0.717) is 18.2 Å². The van der Waals surface area contributed by atoms with Gasteiger partial charge in [-0.3, -0.25) is 0 Å². The van der Waals surface area contributed by atoms with Gasteiger partial charge in [-0.1, -0.05) is 38.1 Å². The molecule has 5 rings (SSSR count). The van der Waals surface area contributed by atoms with E-state index in [4.69, 9.17) is 4.74 Å². The van der Waals surface area contributed by atoms with Crippen molar-refractivity contribution in [2.24, 2.45) is 5.92 Å². The maximum atomic E-state index is 12.5. The normalized spacial score (nSPS) is 12.1. The molecule has 0 bridgehead atoms. The molecule has 8 heteroatoms. The van der Waals surface area contributed by atoms with Crippen LogP contribution in [0.1, 0.15) is 41.9 Å². The fourth-order valence-electron chi connectivity index (χ4n) is 3.89. The predicted octanol–water partition coefficient (Wildman–Crippen LogP) is 4.03. The predicted molar refractivity (Wildman–Crippen MR) is 115 cm³/mol. The van der Waals surface area contributed by atoms with Crippen molar-refractivity contribution in [1.29, 1.82) is 0 Å². The van der Waals surface area contributed by atoms with Crippen LogP contribution < -0.4 is 0 Å². The van der Waals surface area contributed by atoms with E-state index in [1.807, 2.05) is 6.07 Å². The van der Waals surface area contributed by atoms with Gasteiger partial charge in [-0.25, -0.2) is 4.79 Å². The lowest BCUT2D eigenvalue weighted by Crippen LogP contribution is -2.09. The van der Waals surface area contributed by atoms with Crippen molar-refractivity contribution in [2.45, 2.75) is 26.7 Å². The maximum absolute atomic E-state index is 12.5. The highest BCUT2D eigenvalue weighted by molar-refractivity contribution is 5.94. The second-order valence-electron chi connectivity index (χ2n) is 8.12. The molecular weight excluding hydrogens is 392 g/mol. The Bertz CT molecular complexity index is 1240. The van der Waals surface area contributed by atoms with Crippen molar-refractivity contribution in [3.63, 3.8) is 0 Å². The van der Waals surface area contributed by atoms with Crippen molar-refractivity contribution in [3.05, 3.63) is 59.4 Å². The third-order valence-corrected chi connectivity index (χ3v) is 5.54. The second kappa shape index (κ2) is 7.79. The van der Waals surface area contributed by atoms with Crippen molar-refractivity contribution in [3.8, 4) is 33.6 Å². The molecule has 0 saturated carbocycles. The van der Waals surface area contributed by atoms with Gasteiger partial charge in [0.1, 0.15) is 11.4 Å². The van der Waals surface area contributed by atoms with Crippen LogP contribution in [-0.2, 0) is 11.2 Å². The van der Waals surface area contributed by atoms with Crippen LogP contribution in [0, 0.1) is 5.92 Å². The van der Waals surface area contributed by atoms with Crippen molar-refractivity contribution in [1.82, 2.24) is 30.8 Å². The van der Waals surface area contributed by atoms with Crippen LogP contribution in [0.25, 0.3) is 33.6 Å². The Balaban J connectivity index is 1.40. The number of carbonyl (C=O) groups excluding carboxylic acids is 1. The first-order valence-corrected chi connectivity index (χ1v) is 10.3. The highest BCUT2D eigenvalue weighted by Crippen LogP contribution is 2.40. The Kier molecular flexibility index (Phi) is 4.82. The quantitative estimate of drug-likeness (QED) is 0.406. The van der Waals surface area contributed by atoms with Gasteiger partial charge in [0.2, 0.25) is 0 Å². The first-order chi connectivity index (χ1) is 15.1. The first kappa shape index (κ1) is 19.2. The molecule has 31 heavy (non-hydrogen) atoms. The standard InChI is InChI=1S/C23H22N6O2/c1-13(2)7-8-31-23(30)22-21(26-29-27-22)15-4-6-19-17(10-15)11-16-9-14(3-5-18(16)19)20-12-24-28-25-20/h3-6,9-10,12-13H,7-8,11H2,1-2H3,(H,24,25,28)(H,26,27,29). The zero-order valence-corrected chi connectivity index (χ0v) is 17.3. The number of hydrogen-bond acceptors (Lipinski definition) is 6. The summed E-state index contributed by atoms with van der Waals surface area (Å²) < 4.78 is 5.38. The molecular formula is C23H22N6O2. The molecule has 0 fully saturated rings. The molecule has 1 aliphatic rings. The summed E-state index contributed by atoms with van der Waals surface area (Å²) in [6, 6.07) is 12.5. The molecule has 2 N–H and O–H groups in total. The summed E-state index contributed by atoms with van der Waals surface area (Å²) in [5.41, 5.74) is 8.24. The van der Waals surface area contributed by atoms with Crippen LogP contribution in [0.15, 0.2) is 42.6 Å². The number of hydrogen-bond donors (Lipinski definition) is 2. The van der Waals surface area contributed by atoms with Gasteiger partial charge in [0.25, 0.3) is 0 Å². The monoisotopic (exact) mass is 414 g/mol. The number of nitrogens with zero attached hydrogens (tertiary/aromatic N) is 4. The summed E-state index contributed by atoms with van der Waals surface area (Å²) >= 11 is 0. The van der Waals surface area contributed by atoms with Crippen molar-refractivity contribution >= 4 is 5.97 Å². The lowest BCUT2D eigenvalue weighted by atomic mass is 10.0. The number of H-pyrrole nitrogens is 2. The second-order valence-corrected chi connectivity index (χ2v) is 8.12. The number of esters is 1. The Morgan fingerprint density at radius 2 is 1.74 bits per heavy atom. The average Bonchev–Trinajstić information content (AvgIpc) is 3.51. The Morgan fingerprint density at radius 3 is 2.45 bits per heavy atom. The van der Waals surface area contributed by atoms with E-state index in [9.17, 15) is 4.79 Å². The molecule has 0 atom stereocenters. The molecule has 0 aliphatic heterocycles. The lowest BCUT2D eigenvalue weighted by Gasteiger charge is -2.07. The van der Waals surface area contributed by atoms with E-state index < -0.39 is 5.97 Å². The van der Waals surface area contributed by atoms with Gasteiger partial charge < -0.3 is 4.74 Å². The number of aromatic nitrogens is 6.